The van der Waals surface area contributed by atoms with Gasteiger partial charge in [-0.2, -0.15) is 0 Å². The molecule has 1 amide bonds. The van der Waals surface area contributed by atoms with Crippen molar-refractivity contribution in [1.82, 2.24) is 10.6 Å². The summed E-state index contributed by atoms with van der Waals surface area (Å²) in [5, 5.41) is 5.78. The highest BCUT2D eigenvalue weighted by Gasteiger charge is 2.15. The number of carbonyl (C=O) groups is 1. The zero-order valence-electron chi connectivity index (χ0n) is 9.19. The van der Waals surface area contributed by atoms with Gasteiger partial charge in [0.25, 0.3) is 5.91 Å². The third kappa shape index (κ3) is 6.20. The predicted octanol–water partition coefficient (Wildman–Crippen LogP) is 1.41. The molecule has 0 radical (unpaired) electrons. The number of hydrogen-bond acceptors (Lipinski definition) is 2. The molecule has 0 atom stereocenters. The van der Waals surface area contributed by atoms with E-state index in [0.717, 1.165) is 0 Å². The molecule has 0 aliphatic carbocycles. The molecule has 0 aliphatic rings. The zero-order valence-corrected chi connectivity index (χ0v) is 9.19. The molecular formula is C10H20N2O. The van der Waals surface area contributed by atoms with Crippen LogP contribution in [0.1, 0.15) is 34.6 Å². The molecule has 13 heavy (non-hydrogen) atoms. The summed E-state index contributed by atoms with van der Waals surface area (Å²) in [6.07, 6.45) is 0. The number of hydrogen-bond donors (Lipinski definition) is 2. The van der Waals surface area contributed by atoms with Crippen LogP contribution in [0.25, 0.3) is 0 Å². The Morgan fingerprint density at radius 1 is 1.31 bits per heavy atom. The molecule has 0 spiro atoms. The normalized spacial score (nSPS) is 11.2. The number of amides is 1. The molecule has 76 valence electrons. The summed E-state index contributed by atoms with van der Waals surface area (Å²) in [6, 6.07) is 0.234. The second-order valence-corrected chi connectivity index (χ2v) is 4.48. The van der Waals surface area contributed by atoms with E-state index in [2.05, 4.69) is 17.2 Å². The molecule has 3 nitrogen and oxygen atoms in total. The van der Waals surface area contributed by atoms with Gasteiger partial charge in [0.15, 0.2) is 0 Å². The van der Waals surface area contributed by atoms with Gasteiger partial charge < -0.3 is 10.6 Å². The summed E-state index contributed by atoms with van der Waals surface area (Å²) in [7, 11) is 0. The minimum Gasteiger partial charge on any atom is -0.379 e. The van der Waals surface area contributed by atoms with Gasteiger partial charge in [-0.25, -0.2) is 0 Å². The Morgan fingerprint density at radius 2 is 1.77 bits per heavy atom. The van der Waals surface area contributed by atoms with Crippen LogP contribution in [-0.4, -0.2) is 17.5 Å². The third-order valence-electron chi connectivity index (χ3n) is 1.23. The molecule has 0 aliphatic heterocycles. The summed E-state index contributed by atoms with van der Waals surface area (Å²) in [5.74, 6) is -0.138. The number of nitrogens with one attached hydrogen (secondary N) is 2. The largest absolute Gasteiger partial charge is 0.379 e. The average Bonchev–Trinajstić information content (AvgIpc) is 1.81. The molecule has 0 fully saturated rings. The Labute approximate surface area is 80.6 Å². The first-order chi connectivity index (χ1) is 5.72. The van der Waals surface area contributed by atoms with Gasteiger partial charge in [-0.15, -0.1) is 0 Å². The second kappa shape index (κ2) is 4.30. The molecular weight excluding hydrogens is 164 g/mol. The van der Waals surface area contributed by atoms with Crippen LogP contribution in [-0.2, 0) is 4.79 Å². The van der Waals surface area contributed by atoms with E-state index in [4.69, 9.17) is 0 Å². The van der Waals surface area contributed by atoms with Crippen molar-refractivity contribution in [3.63, 3.8) is 0 Å². The van der Waals surface area contributed by atoms with Crippen molar-refractivity contribution in [2.24, 2.45) is 0 Å². The van der Waals surface area contributed by atoms with Crippen LogP contribution in [0.4, 0.5) is 0 Å². The monoisotopic (exact) mass is 184 g/mol. The van der Waals surface area contributed by atoms with Gasteiger partial charge >= 0.3 is 0 Å². The van der Waals surface area contributed by atoms with E-state index < -0.39 is 0 Å². The molecule has 0 saturated heterocycles. The van der Waals surface area contributed by atoms with E-state index in [-0.39, 0.29) is 17.5 Å². The van der Waals surface area contributed by atoms with Crippen LogP contribution in [0, 0.1) is 0 Å². The topological polar surface area (TPSA) is 41.1 Å². The van der Waals surface area contributed by atoms with Crippen molar-refractivity contribution < 1.29 is 4.79 Å². The Kier molecular flexibility index (Phi) is 3.98. The van der Waals surface area contributed by atoms with Gasteiger partial charge in [0.1, 0.15) is 0 Å². The number of carbonyl (C=O) groups excluding carboxylic acids is 1. The fraction of sp³-hybridized carbons (Fsp3) is 0.700. The van der Waals surface area contributed by atoms with Crippen LogP contribution in [0.15, 0.2) is 12.3 Å². The molecule has 0 aromatic carbocycles. The molecule has 3 heteroatoms. The first-order valence-electron chi connectivity index (χ1n) is 4.50. The van der Waals surface area contributed by atoms with Gasteiger partial charge in [0, 0.05) is 11.6 Å². The first-order valence-corrected chi connectivity index (χ1v) is 4.50. The van der Waals surface area contributed by atoms with Crippen LogP contribution in [0.3, 0.4) is 0 Å². The average molecular weight is 184 g/mol. The summed E-state index contributed by atoms with van der Waals surface area (Å²) in [6.45, 7) is 13.4. The molecule has 0 saturated carbocycles. The summed E-state index contributed by atoms with van der Waals surface area (Å²) in [4.78, 5) is 11.4. The van der Waals surface area contributed by atoms with Gasteiger partial charge in [-0.3, -0.25) is 4.79 Å². The molecule has 0 aromatic heterocycles. The van der Waals surface area contributed by atoms with Gasteiger partial charge in [0.2, 0.25) is 0 Å². The van der Waals surface area contributed by atoms with Gasteiger partial charge in [-0.1, -0.05) is 6.58 Å². The van der Waals surface area contributed by atoms with Crippen molar-refractivity contribution in [1.29, 1.82) is 0 Å². The van der Waals surface area contributed by atoms with Crippen molar-refractivity contribution in [3.8, 4) is 0 Å². The second-order valence-electron chi connectivity index (χ2n) is 4.48. The molecule has 0 heterocycles. The maximum atomic E-state index is 11.4. The highest BCUT2D eigenvalue weighted by Crippen LogP contribution is 2.00. The van der Waals surface area contributed by atoms with Crippen LogP contribution in [0.2, 0.25) is 0 Å². The summed E-state index contributed by atoms with van der Waals surface area (Å²) < 4.78 is 0. The summed E-state index contributed by atoms with van der Waals surface area (Å²) in [5.41, 5.74) is 0.212. The molecule has 0 unspecified atom stereocenters. The van der Waals surface area contributed by atoms with Gasteiger partial charge in [0.05, 0.1) is 5.70 Å². The van der Waals surface area contributed by atoms with Crippen LogP contribution in [0.5, 0.6) is 0 Å². The highest BCUT2D eigenvalue weighted by molar-refractivity contribution is 5.92. The molecule has 0 aromatic rings. The standard InChI is InChI=1S/C10H20N2O/c1-7(2)11-8(3)9(13)12-10(4,5)6/h7,11H,3H2,1-2,4-6H3,(H,12,13). The lowest BCUT2D eigenvalue weighted by atomic mass is 10.1. The summed E-state index contributed by atoms with van der Waals surface area (Å²) >= 11 is 0. The SMILES string of the molecule is C=C(NC(C)C)C(=O)NC(C)(C)C. The maximum absolute atomic E-state index is 11.4. The quantitative estimate of drug-likeness (QED) is 0.651. The van der Waals surface area contributed by atoms with Gasteiger partial charge in [-0.05, 0) is 34.6 Å². The predicted molar refractivity (Wildman–Crippen MR) is 55.3 cm³/mol. The minimum atomic E-state index is -0.210. The Morgan fingerprint density at radius 3 is 2.08 bits per heavy atom. The van der Waals surface area contributed by atoms with Crippen LogP contribution >= 0.6 is 0 Å². The maximum Gasteiger partial charge on any atom is 0.267 e. The zero-order chi connectivity index (χ0) is 10.6. The molecule has 2 N–H and O–H groups in total. The third-order valence-corrected chi connectivity index (χ3v) is 1.23. The Bertz CT molecular complexity index is 201. The fourth-order valence-corrected chi connectivity index (χ4v) is 0.830. The van der Waals surface area contributed by atoms with E-state index in [1.165, 1.54) is 0 Å². The smallest absolute Gasteiger partial charge is 0.267 e. The van der Waals surface area contributed by atoms with E-state index in [0.29, 0.717) is 5.70 Å². The van der Waals surface area contributed by atoms with E-state index in [9.17, 15) is 4.79 Å². The van der Waals surface area contributed by atoms with Crippen molar-refractivity contribution in [2.45, 2.75) is 46.2 Å². The van der Waals surface area contributed by atoms with E-state index in [1.807, 2.05) is 34.6 Å². The first kappa shape index (κ1) is 12.0. The fourth-order valence-electron chi connectivity index (χ4n) is 0.830. The van der Waals surface area contributed by atoms with Crippen molar-refractivity contribution >= 4 is 5.91 Å². The lowest BCUT2D eigenvalue weighted by Crippen LogP contribution is -2.44. The highest BCUT2D eigenvalue weighted by atomic mass is 16.2. The minimum absolute atomic E-state index is 0.138. The van der Waals surface area contributed by atoms with Crippen LogP contribution < -0.4 is 10.6 Å². The molecule has 0 bridgehead atoms. The lowest BCUT2D eigenvalue weighted by molar-refractivity contribution is -0.119. The Hall–Kier alpha value is -0.990. The molecule has 0 rings (SSSR count). The van der Waals surface area contributed by atoms with Crippen molar-refractivity contribution in [2.75, 3.05) is 0 Å². The van der Waals surface area contributed by atoms with E-state index in [1.54, 1.807) is 0 Å². The van der Waals surface area contributed by atoms with Crippen molar-refractivity contribution in [3.05, 3.63) is 12.3 Å². The van der Waals surface area contributed by atoms with E-state index >= 15 is 0 Å². The lowest BCUT2D eigenvalue weighted by Gasteiger charge is -2.22. The number of rotatable bonds is 3. The Balaban J connectivity index is 4.06.